The quantitative estimate of drug-likeness (QED) is 0.309. The van der Waals surface area contributed by atoms with Crippen LogP contribution in [0.25, 0.3) is 6.08 Å². The van der Waals surface area contributed by atoms with Crippen LogP contribution in [0.1, 0.15) is 36.1 Å². The molecule has 0 aromatic heterocycles. The lowest BCUT2D eigenvalue weighted by molar-refractivity contribution is -0.274. The SMILES string of the molecule is COc1cc(C)c(C=CC(C)=CC=CC(C)=CC(=O)Nc2ccccc2OC(F)(F)F)c(C)c1C. The number of carbonyl (C=O) groups is 1. The van der Waals surface area contributed by atoms with E-state index in [1.807, 2.05) is 39.0 Å². The van der Waals surface area contributed by atoms with Gasteiger partial charge in [0, 0.05) is 6.08 Å². The van der Waals surface area contributed by atoms with E-state index in [1.165, 1.54) is 24.3 Å². The number of amides is 1. The summed E-state index contributed by atoms with van der Waals surface area (Å²) in [5.41, 5.74) is 6.09. The average Bonchev–Trinajstić information content (AvgIpc) is 2.76. The van der Waals surface area contributed by atoms with Crippen molar-refractivity contribution < 1.29 is 27.4 Å². The fourth-order valence-electron chi connectivity index (χ4n) is 3.36. The molecule has 2 rings (SSSR count). The predicted molar refractivity (Wildman–Crippen MR) is 135 cm³/mol. The monoisotopic (exact) mass is 485 g/mol. The van der Waals surface area contributed by atoms with Gasteiger partial charge < -0.3 is 14.8 Å². The normalized spacial score (nSPS) is 12.9. The average molecular weight is 486 g/mol. The molecule has 0 aliphatic carbocycles. The van der Waals surface area contributed by atoms with E-state index >= 15 is 0 Å². The Morgan fingerprint density at radius 3 is 2.31 bits per heavy atom. The Morgan fingerprint density at radius 1 is 0.971 bits per heavy atom. The largest absolute Gasteiger partial charge is 0.573 e. The van der Waals surface area contributed by atoms with Crippen LogP contribution in [0.2, 0.25) is 0 Å². The zero-order chi connectivity index (χ0) is 26.2. The maximum atomic E-state index is 12.5. The van der Waals surface area contributed by atoms with Crippen molar-refractivity contribution in [1.82, 2.24) is 0 Å². The van der Waals surface area contributed by atoms with Gasteiger partial charge in [0.2, 0.25) is 5.91 Å². The summed E-state index contributed by atoms with van der Waals surface area (Å²) in [4.78, 5) is 12.2. The standard InChI is InChI=1S/C28H30F3NO3/c1-18(14-15-23-20(3)17-26(34-6)22(5)21(23)4)10-9-11-19(2)16-27(33)32-24-12-7-8-13-25(24)35-28(29,30)31/h7-17H,1-6H3,(H,32,33). The lowest BCUT2D eigenvalue weighted by atomic mass is 9.96. The van der Waals surface area contributed by atoms with Crippen LogP contribution in [0.3, 0.4) is 0 Å². The number of ether oxygens (including phenoxy) is 2. The number of alkyl halides is 3. The molecule has 0 bridgehead atoms. The molecule has 0 aliphatic heterocycles. The van der Waals surface area contributed by atoms with Crippen molar-refractivity contribution in [2.75, 3.05) is 12.4 Å². The molecule has 7 heteroatoms. The topological polar surface area (TPSA) is 47.6 Å². The fourth-order valence-corrected chi connectivity index (χ4v) is 3.36. The summed E-state index contributed by atoms with van der Waals surface area (Å²) in [6, 6.07) is 7.39. The van der Waals surface area contributed by atoms with E-state index < -0.39 is 18.0 Å². The second-order valence-corrected chi connectivity index (χ2v) is 8.08. The summed E-state index contributed by atoms with van der Waals surface area (Å²) in [6.07, 6.45) is 5.97. The van der Waals surface area contributed by atoms with Gasteiger partial charge in [-0.05, 0) is 80.6 Å². The van der Waals surface area contributed by atoms with Crippen molar-refractivity contribution in [2.24, 2.45) is 0 Å². The third-order valence-corrected chi connectivity index (χ3v) is 5.29. The van der Waals surface area contributed by atoms with E-state index in [0.29, 0.717) is 5.57 Å². The highest BCUT2D eigenvalue weighted by molar-refractivity contribution is 6.00. The number of aryl methyl sites for hydroxylation is 1. The Morgan fingerprint density at radius 2 is 1.66 bits per heavy atom. The molecule has 1 N–H and O–H groups in total. The van der Waals surface area contributed by atoms with Crippen LogP contribution in [0.5, 0.6) is 11.5 Å². The van der Waals surface area contributed by atoms with Crippen LogP contribution < -0.4 is 14.8 Å². The maximum absolute atomic E-state index is 12.5. The molecule has 35 heavy (non-hydrogen) atoms. The minimum absolute atomic E-state index is 0.0666. The molecule has 4 nitrogen and oxygen atoms in total. The van der Waals surface area contributed by atoms with E-state index in [0.717, 1.165) is 39.6 Å². The molecule has 2 aromatic rings. The molecular weight excluding hydrogens is 455 g/mol. The van der Waals surface area contributed by atoms with Gasteiger partial charge in [0.05, 0.1) is 12.8 Å². The molecule has 0 saturated heterocycles. The molecule has 0 atom stereocenters. The number of methoxy groups -OCH3 is 1. The molecule has 0 spiro atoms. The summed E-state index contributed by atoms with van der Waals surface area (Å²) in [5.74, 6) is -0.167. The number of benzene rings is 2. The lowest BCUT2D eigenvalue weighted by Gasteiger charge is -2.13. The molecular formula is C28H30F3NO3. The summed E-state index contributed by atoms with van der Waals surface area (Å²) in [7, 11) is 1.66. The lowest BCUT2D eigenvalue weighted by Crippen LogP contribution is -2.19. The third kappa shape index (κ3) is 8.52. The second-order valence-electron chi connectivity index (χ2n) is 8.08. The Kier molecular flexibility index (Phi) is 9.51. The Balaban J connectivity index is 2.06. The minimum atomic E-state index is -4.85. The first-order valence-corrected chi connectivity index (χ1v) is 10.9. The Hall–Kier alpha value is -3.74. The number of para-hydroxylation sites is 2. The summed E-state index contributed by atoms with van der Waals surface area (Å²) in [6.45, 7) is 9.83. The van der Waals surface area contributed by atoms with Crippen LogP contribution in [-0.4, -0.2) is 19.4 Å². The van der Waals surface area contributed by atoms with Gasteiger partial charge in [-0.25, -0.2) is 0 Å². The van der Waals surface area contributed by atoms with Crippen molar-refractivity contribution in [2.45, 2.75) is 41.0 Å². The molecule has 0 fully saturated rings. The van der Waals surface area contributed by atoms with E-state index in [4.69, 9.17) is 4.74 Å². The van der Waals surface area contributed by atoms with Gasteiger partial charge in [0.25, 0.3) is 0 Å². The molecule has 0 aliphatic rings. The van der Waals surface area contributed by atoms with E-state index in [2.05, 4.69) is 23.1 Å². The van der Waals surface area contributed by atoms with Gasteiger partial charge in [-0.1, -0.05) is 48.1 Å². The van der Waals surface area contributed by atoms with E-state index in [9.17, 15) is 18.0 Å². The van der Waals surface area contributed by atoms with Crippen molar-refractivity contribution in [3.05, 3.63) is 94.1 Å². The van der Waals surface area contributed by atoms with Gasteiger partial charge in [-0.15, -0.1) is 13.2 Å². The summed E-state index contributed by atoms with van der Waals surface area (Å²) >= 11 is 0. The smallest absolute Gasteiger partial charge is 0.496 e. The number of rotatable bonds is 8. The molecule has 0 heterocycles. The second kappa shape index (κ2) is 12.1. The van der Waals surface area contributed by atoms with Gasteiger partial charge in [0.15, 0.2) is 5.75 Å². The molecule has 2 aromatic carbocycles. The first-order valence-electron chi connectivity index (χ1n) is 10.9. The number of hydrogen-bond donors (Lipinski definition) is 1. The third-order valence-electron chi connectivity index (χ3n) is 5.29. The number of anilines is 1. The van der Waals surface area contributed by atoms with Crippen molar-refractivity contribution in [3.8, 4) is 11.5 Å². The highest BCUT2D eigenvalue weighted by atomic mass is 19.4. The van der Waals surface area contributed by atoms with Gasteiger partial charge in [0.1, 0.15) is 5.75 Å². The molecule has 1 amide bonds. The molecule has 0 unspecified atom stereocenters. The zero-order valence-electron chi connectivity index (χ0n) is 20.7. The maximum Gasteiger partial charge on any atom is 0.573 e. The van der Waals surface area contributed by atoms with Gasteiger partial charge in [-0.3, -0.25) is 4.79 Å². The summed E-state index contributed by atoms with van der Waals surface area (Å²) in [5, 5.41) is 2.42. The number of hydrogen-bond acceptors (Lipinski definition) is 3. The summed E-state index contributed by atoms with van der Waals surface area (Å²) < 4.78 is 47.0. The van der Waals surface area contributed by atoms with Crippen LogP contribution in [0.4, 0.5) is 18.9 Å². The number of allylic oxidation sites excluding steroid dienone is 6. The minimum Gasteiger partial charge on any atom is -0.496 e. The van der Waals surface area contributed by atoms with Crippen LogP contribution in [0.15, 0.2) is 71.9 Å². The zero-order valence-corrected chi connectivity index (χ0v) is 20.7. The van der Waals surface area contributed by atoms with Crippen molar-refractivity contribution >= 4 is 17.7 Å². The number of halogens is 3. The van der Waals surface area contributed by atoms with Crippen LogP contribution in [0, 0.1) is 20.8 Å². The molecule has 186 valence electrons. The number of nitrogens with one attached hydrogen (secondary N) is 1. The van der Waals surface area contributed by atoms with E-state index in [-0.39, 0.29) is 5.69 Å². The first kappa shape index (κ1) is 27.5. The fraction of sp³-hybridized carbons (Fsp3) is 0.250. The van der Waals surface area contributed by atoms with Crippen molar-refractivity contribution in [1.29, 1.82) is 0 Å². The number of carbonyl (C=O) groups excluding carboxylic acids is 1. The van der Waals surface area contributed by atoms with E-state index in [1.54, 1.807) is 26.2 Å². The van der Waals surface area contributed by atoms with Crippen molar-refractivity contribution in [3.63, 3.8) is 0 Å². The van der Waals surface area contributed by atoms with Gasteiger partial charge >= 0.3 is 6.36 Å². The Labute approximate surface area is 204 Å². The first-order chi connectivity index (χ1) is 16.4. The highest BCUT2D eigenvalue weighted by Crippen LogP contribution is 2.30. The Bertz CT molecular complexity index is 1190. The van der Waals surface area contributed by atoms with Crippen LogP contribution in [-0.2, 0) is 4.79 Å². The molecule has 0 radical (unpaired) electrons. The van der Waals surface area contributed by atoms with Gasteiger partial charge in [-0.2, -0.15) is 0 Å². The molecule has 0 saturated carbocycles. The predicted octanol–water partition coefficient (Wildman–Crippen LogP) is 7.62. The van der Waals surface area contributed by atoms with Crippen LogP contribution >= 0.6 is 0 Å². The highest BCUT2D eigenvalue weighted by Gasteiger charge is 2.32.